The van der Waals surface area contributed by atoms with E-state index >= 15 is 0 Å². The molecule has 0 bridgehead atoms. The van der Waals surface area contributed by atoms with Gasteiger partial charge in [-0.05, 0) is 24.1 Å². The van der Waals surface area contributed by atoms with Gasteiger partial charge in [0.05, 0.1) is 25.3 Å². The number of carbonyl (C=O) groups excluding carboxylic acids is 1. The van der Waals surface area contributed by atoms with Crippen molar-refractivity contribution in [1.29, 1.82) is 0 Å². The van der Waals surface area contributed by atoms with Crippen LogP contribution in [0.3, 0.4) is 0 Å². The monoisotopic (exact) mass is 294 g/mol. The lowest BCUT2D eigenvalue weighted by molar-refractivity contribution is -0.141. The van der Waals surface area contributed by atoms with Crippen molar-refractivity contribution in [3.63, 3.8) is 0 Å². The number of amides is 1. The molecule has 1 aromatic carbocycles. The third kappa shape index (κ3) is 3.23. The molecule has 0 aliphatic carbocycles. The van der Waals surface area contributed by atoms with Gasteiger partial charge in [-0.25, -0.2) is 4.39 Å². The molecular formula is C15H19FN2O3. The summed E-state index contributed by atoms with van der Waals surface area (Å²) in [5.74, 6) is -0.284. The predicted molar refractivity (Wildman–Crippen MR) is 74.1 cm³/mol. The first-order valence-electron chi connectivity index (χ1n) is 7.21. The zero-order valence-corrected chi connectivity index (χ0v) is 11.7. The van der Waals surface area contributed by atoms with E-state index in [2.05, 4.69) is 5.32 Å². The summed E-state index contributed by atoms with van der Waals surface area (Å²) in [6.45, 7) is 1.93. The largest absolute Gasteiger partial charge is 0.392 e. The molecule has 6 heteroatoms. The minimum Gasteiger partial charge on any atom is -0.392 e. The number of morpholine rings is 1. The van der Waals surface area contributed by atoms with Crippen molar-refractivity contribution in [1.82, 2.24) is 10.2 Å². The Morgan fingerprint density at radius 3 is 2.81 bits per heavy atom. The molecule has 1 amide bonds. The third-order valence-electron chi connectivity index (χ3n) is 4.03. The van der Waals surface area contributed by atoms with Gasteiger partial charge < -0.3 is 20.1 Å². The number of benzene rings is 1. The first-order valence-corrected chi connectivity index (χ1v) is 7.21. The molecule has 2 aliphatic rings. The van der Waals surface area contributed by atoms with Gasteiger partial charge in [0, 0.05) is 13.1 Å². The zero-order valence-electron chi connectivity index (χ0n) is 11.7. The molecule has 2 fully saturated rings. The van der Waals surface area contributed by atoms with Crippen LogP contribution in [-0.4, -0.2) is 54.3 Å². The minimum absolute atomic E-state index is 0.00182. The Bertz CT molecular complexity index is 508. The van der Waals surface area contributed by atoms with Crippen molar-refractivity contribution >= 4 is 5.91 Å². The summed E-state index contributed by atoms with van der Waals surface area (Å²) in [5.41, 5.74) is 0.869. The van der Waals surface area contributed by atoms with Crippen molar-refractivity contribution in [2.75, 3.05) is 26.2 Å². The number of aliphatic hydroxyl groups excluding tert-OH is 1. The molecule has 2 heterocycles. The van der Waals surface area contributed by atoms with Gasteiger partial charge in [-0.3, -0.25) is 4.79 Å². The number of rotatable bonds is 2. The highest BCUT2D eigenvalue weighted by molar-refractivity contribution is 5.82. The first kappa shape index (κ1) is 14.4. The van der Waals surface area contributed by atoms with Crippen molar-refractivity contribution in [3.05, 3.63) is 35.6 Å². The maximum absolute atomic E-state index is 13.0. The summed E-state index contributed by atoms with van der Waals surface area (Å²) < 4.78 is 18.6. The van der Waals surface area contributed by atoms with Crippen LogP contribution in [-0.2, 0) is 9.53 Å². The quantitative estimate of drug-likeness (QED) is 0.831. The summed E-state index contributed by atoms with van der Waals surface area (Å²) in [5, 5.41) is 12.5. The van der Waals surface area contributed by atoms with Crippen molar-refractivity contribution in [2.24, 2.45) is 0 Å². The van der Waals surface area contributed by atoms with Gasteiger partial charge >= 0.3 is 0 Å². The van der Waals surface area contributed by atoms with Crippen LogP contribution in [0.4, 0.5) is 4.39 Å². The van der Waals surface area contributed by atoms with Crippen LogP contribution in [0.25, 0.3) is 0 Å². The Kier molecular flexibility index (Phi) is 4.19. The molecule has 2 aliphatic heterocycles. The SMILES string of the molecule is O=C([C@@H]1C[C@@H](O)CN1)N1CCO[C@H](c2ccc(F)cc2)C1. The number of nitrogens with zero attached hydrogens (tertiary/aromatic N) is 1. The van der Waals surface area contributed by atoms with Gasteiger partial charge in [-0.15, -0.1) is 0 Å². The molecular weight excluding hydrogens is 275 g/mol. The summed E-state index contributed by atoms with van der Waals surface area (Å²) in [7, 11) is 0. The summed E-state index contributed by atoms with van der Waals surface area (Å²) in [6.07, 6.45) is -0.222. The lowest BCUT2D eigenvalue weighted by Crippen LogP contribution is -2.49. The molecule has 5 nitrogen and oxygen atoms in total. The van der Waals surface area contributed by atoms with E-state index in [0.717, 1.165) is 5.56 Å². The molecule has 114 valence electrons. The molecule has 1 aromatic rings. The zero-order chi connectivity index (χ0) is 14.8. The number of aliphatic hydroxyl groups is 1. The molecule has 0 unspecified atom stereocenters. The highest BCUT2D eigenvalue weighted by atomic mass is 19.1. The topological polar surface area (TPSA) is 61.8 Å². The van der Waals surface area contributed by atoms with Crippen LogP contribution in [0.15, 0.2) is 24.3 Å². The maximum Gasteiger partial charge on any atom is 0.239 e. The fourth-order valence-electron chi connectivity index (χ4n) is 2.85. The van der Waals surface area contributed by atoms with E-state index in [0.29, 0.717) is 32.7 Å². The summed E-state index contributed by atoms with van der Waals surface area (Å²) >= 11 is 0. The predicted octanol–water partition coefficient (Wildman–Crippen LogP) is 0.448. The molecule has 3 atom stereocenters. The molecule has 21 heavy (non-hydrogen) atoms. The lowest BCUT2D eigenvalue weighted by Gasteiger charge is -2.34. The van der Waals surface area contributed by atoms with E-state index in [1.165, 1.54) is 12.1 Å². The van der Waals surface area contributed by atoms with Gasteiger partial charge in [-0.1, -0.05) is 12.1 Å². The second kappa shape index (κ2) is 6.09. The molecule has 0 saturated carbocycles. The summed E-state index contributed by atoms with van der Waals surface area (Å²) in [4.78, 5) is 14.2. The second-order valence-electron chi connectivity index (χ2n) is 5.55. The van der Waals surface area contributed by atoms with Crippen LogP contribution < -0.4 is 5.32 Å². The highest BCUT2D eigenvalue weighted by Gasteiger charge is 2.34. The third-order valence-corrected chi connectivity index (χ3v) is 4.03. The number of ether oxygens (including phenoxy) is 1. The van der Waals surface area contributed by atoms with E-state index < -0.39 is 6.10 Å². The van der Waals surface area contributed by atoms with Gasteiger partial charge in [0.25, 0.3) is 0 Å². The normalized spacial score (nSPS) is 29.6. The molecule has 0 aromatic heterocycles. The smallest absolute Gasteiger partial charge is 0.239 e. The molecule has 2 saturated heterocycles. The van der Waals surface area contributed by atoms with Gasteiger partial charge in [-0.2, -0.15) is 0 Å². The fourth-order valence-corrected chi connectivity index (χ4v) is 2.85. The Morgan fingerprint density at radius 1 is 1.38 bits per heavy atom. The van der Waals surface area contributed by atoms with E-state index in [1.54, 1.807) is 17.0 Å². The van der Waals surface area contributed by atoms with E-state index in [4.69, 9.17) is 4.74 Å². The van der Waals surface area contributed by atoms with Crippen LogP contribution in [0.1, 0.15) is 18.1 Å². The van der Waals surface area contributed by atoms with Gasteiger partial charge in [0.2, 0.25) is 5.91 Å². The Morgan fingerprint density at radius 2 is 2.14 bits per heavy atom. The maximum atomic E-state index is 13.0. The average molecular weight is 294 g/mol. The summed E-state index contributed by atoms with van der Waals surface area (Å²) in [6, 6.07) is 5.85. The standard InChI is InChI=1S/C15H19FN2O3/c16-11-3-1-10(2-4-11)14-9-18(5-6-21-14)15(20)13-7-12(19)8-17-13/h1-4,12-14,17,19H,5-9H2/t12-,13+,14+/m1/s1. The van der Waals surface area contributed by atoms with Crippen LogP contribution >= 0.6 is 0 Å². The van der Waals surface area contributed by atoms with Crippen LogP contribution in [0, 0.1) is 5.82 Å². The molecule has 2 N–H and O–H groups in total. The number of hydrogen-bond donors (Lipinski definition) is 2. The van der Waals surface area contributed by atoms with Crippen LogP contribution in [0.2, 0.25) is 0 Å². The number of hydrogen-bond acceptors (Lipinski definition) is 4. The minimum atomic E-state index is -0.451. The fraction of sp³-hybridized carbons (Fsp3) is 0.533. The Hall–Kier alpha value is -1.50. The molecule has 0 spiro atoms. The second-order valence-corrected chi connectivity index (χ2v) is 5.55. The van der Waals surface area contributed by atoms with E-state index in [-0.39, 0.29) is 23.9 Å². The van der Waals surface area contributed by atoms with Gasteiger partial charge in [0.15, 0.2) is 0 Å². The van der Waals surface area contributed by atoms with Crippen molar-refractivity contribution in [3.8, 4) is 0 Å². The number of β-amino-alcohol motifs (C(OH)–C–C–N with tert-alkyl or cyclic N) is 1. The van der Waals surface area contributed by atoms with E-state index in [9.17, 15) is 14.3 Å². The van der Waals surface area contributed by atoms with Crippen LogP contribution in [0.5, 0.6) is 0 Å². The van der Waals surface area contributed by atoms with E-state index in [1.807, 2.05) is 0 Å². The number of halogens is 1. The number of carbonyl (C=O) groups is 1. The highest BCUT2D eigenvalue weighted by Crippen LogP contribution is 2.23. The van der Waals surface area contributed by atoms with Gasteiger partial charge in [0.1, 0.15) is 11.9 Å². The van der Waals surface area contributed by atoms with Crippen molar-refractivity contribution in [2.45, 2.75) is 24.7 Å². The Balaban J connectivity index is 1.65. The molecule has 0 radical (unpaired) electrons. The number of nitrogens with one attached hydrogen (secondary N) is 1. The molecule has 3 rings (SSSR count). The van der Waals surface area contributed by atoms with Crippen molar-refractivity contribution < 1.29 is 19.0 Å². The Labute approximate surface area is 122 Å². The first-order chi connectivity index (χ1) is 10.1. The average Bonchev–Trinajstić information content (AvgIpc) is 2.94. The lowest BCUT2D eigenvalue weighted by atomic mass is 10.1.